The summed E-state index contributed by atoms with van der Waals surface area (Å²) in [6, 6.07) is 6.32. The third kappa shape index (κ3) is 3.10. The summed E-state index contributed by atoms with van der Waals surface area (Å²) >= 11 is 0. The van der Waals surface area contributed by atoms with Gasteiger partial charge in [0, 0.05) is 7.05 Å². The zero-order valence-corrected chi connectivity index (χ0v) is 12.1. The molecule has 1 N–H and O–H groups in total. The standard InChI is InChI=1S/C13H21NO3S/c1-10(2)13(9-15)14(4)18(16,17)12-7-5-11(3)6-8-12/h5-8,10,13,15H,9H2,1-4H3. The van der Waals surface area contributed by atoms with Crippen LogP contribution in [0.2, 0.25) is 0 Å². The van der Waals surface area contributed by atoms with E-state index in [4.69, 9.17) is 0 Å². The zero-order chi connectivity index (χ0) is 13.9. The van der Waals surface area contributed by atoms with Gasteiger partial charge in [0.15, 0.2) is 0 Å². The van der Waals surface area contributed by atoms with Gasteiger partial charge in [0.05, 0.1) is 17.5 Å². The van der Waals surface area contributed by atoms with Gasteiger partial charge in [0.2, 0.25) is 10.0 Å². The summed E-state index contributed by atoms with van der Waals surface area (Å²) in [4.78, 5) is 0.259. The van der Waals surface area contributed by atoms with Crippen molar-refractivity contribution in [3.63, 3.8) is 0 Å². The first kappa shape index (κ1) is 15.1. The maximum absolute atomic E-state index is 12.4. The number of hydrogen-bond donors (Lipinski definition) is 1. The van der Waals surface area contributed by atoms with Crippen LogP contribution >= 0.6 is 0 Å². The summed E-state index contributed by atoms with van der Waals surface area (Å²) in [6.45, 7) is 5.51. The predicted molar refractivity (Wildman–Crippen MR) is 71.8 cm³/mol. The van der Waals surface area contributed by atoms with Gasteiger partial charge in [0.1, 0.15) is 0 Å². The Bertz CT molecular complexity index is 479. The normalized spacial score (nSPS) is 14.2. The topological polar surface area (TPSA) is 57.6 Å². The number of aliphatic hydroxyl groups is 1. The second-order valence-corrected chi connectivity index (χ2v) is 6.83. The molecule has 4 nitrogen and oxygen atoms in total. The minimum absolute atomic E-state index is 0.0558. The van der Waals surface area contributed by atoms with E-state index in [0.29, 0.717) is 0 Å². The van der Waals surface area contributed by atoms with Crippen LogP contribution in [-0.4, -0.2) is 37.5 Å². The third-order valence-electron chi connectivity index (χ3n) is 3.12. The van der Waals surface area contributed by atoms with Gasteiger partial charge >= 0.3 is 0 Å². The maximum Gasteiger partial charge on any atom is 0.243 e. The van der Waals surface area contributed by atoms with Gasteiger partial charge in [-0.25, -0.2) is 8.42 Å². The first-order valence-electron chi connectivity index (χ1n) is 5.96. The van der Waals surface area contributed by atoms with E-state index < -0.39 is 16.1 Å². The Morgan fingerprint density at radius 3 is 2.11 bits per heavy atom. The lowest BCUT2D eigenvalue weighted by molar-refractivity contribution is 0.167. The fraction of sp³-hybridized carbons (Fsp3) is 0.538. The molecule has 0 saturated carbocycles. The van der Waals surface area contributed by atoms with Crippen LogP contribution in [0.1, 0.15) is 19.4 Å². The molecule has 1 atom stereocenters. The molecule has 18 heavy (non-hydrogen) atoms. The number of rotatable bonds is 5. The molecule has 1 rings (SSSR count). The fourth-order valence-electron chi connectivity index (χ4n) is 1.80. The van der Waals surface area contributed by atoms with Crippen molar-refractivity contribution in [1.29, 1.82) is 0 Å². The van der Waals surface area contributed by atoms with Crippen LogP contribution in [0.4, 0.5) is 0 Å². The van der Waals surface area contributed by atoms with Gasteiger partial charge in [-0.3, -0.25) is 0 Å². The van der Waals surface area contributed by atoms with Crippen molar-refractivity contribution >= 4 is 10.0 Å². The highest BCUT2D eigenvalue weighted by Crippen LogP contribution is 2.20. The van der Waals surface area contributed by atoms with E-state index in [1.54, 1.807) is 24.3 Å². The van der Waals surface area contributed by atoms with Gasteiger partial charge in [-0.05, 0) is 25.0 Å². The monoisotopic (exact) mass is 271 g/mol. The van der Waals surface area contributed by atoms with E-state index in [0.717, 1.165) is 5.56 Å². The Morgan fingerprint density at radius 1 is 1.22 bits per heavy atom. The molecular weight excluding hydrogens is 250 g/mol. The highest BCUT2D eigenvalue weighted by molar-refractivity contribution is 7.89. The summed E-state index contributed by atoms with van der Waals surface area (Å²) in [5, 5.41) is 9.32. The van der Waals surface area contributed by atoms with Crippen molar-refractivity contribution in [3.8, 4) is 0 Å². The average Bonchev–Trinajstić information content (AvgIpc) is 2.29. The van der Waals surface area contributed by atoms with Crippen LogP contribution in [0.3, 0.4) is 0 Å². The van der Waals surface area contributed by atoms with E-state index in [-0.39, 0.29) is 17.4 Å². The Labute approximate surface area is 109 Å². The molecule has 0 radical (unpaired) electrons. The van der Waals surface area contributed by atoms with Gasteiger partial charge in [-0.2, -0.15) is 4.31 Å². The predicted octanol–water partition coefficient (Wildman–Crippen LogP) is 1.63. The summed E-state index contributed by atoms with van der Waals surface area (Å²) in [5.74, 6) is 0.0558. The lowest BCUT2D eigenvalue weighted by atomic mass is 10.1. The molecule has 1 unspecified atom stereocenters. The van der Waals surface area contributed by atoms with E-state index in [1.807, 2.05) is 20.8 Å². The van der Waals surface area contributed by atoms with E-state index >= 15 is 0 Å². The SMILES string of the molecule is Cc1ccc(S(=O)(=O)N(C)C(CO)C(C)C)cc1. The van der Waals surface area contributed by atoms with Gasteiger partial charge in [-0.15, -0.1) is 0 Å². The van der Waals surface area contributed by atoms with Crippen LogP contribution in [0.15, 0.2) is 29.2 Å². The molecule has 102 valence electrons. The molecule has 0 amide bonds. The zero-order valence-electron chi connectivity index (χ0n) is 11.3. The molecule has 0 bridgehead atoms. The van der Waals surface area contributed by atoms with Gasteiger partial charge in [-0.1, -0.05) is 31.5 Å². The van der Waals surface area contributed by atoms with Gasteiger partial charge in [0.25, 0.3) is 0 Å². The number of benzene rings is 1. The number of aryl methyl sites for hydroxylation is 1. The van der Waals surface area contributed by atoms with Crippen LogP contribution < -0.4 is 0 Å². The van der Waals surface area contributed by atoms with Crippen molar-refractivity contribution in [1.82, 2.24) is 4.31 Å². The summed E-state index contributed by atoms with van der Waals surface area (Å²) in [5.41, 5.74) is 1.01. The van der Waals surface area contributed by atoms with Gasteiger partial charge < -0.3 is 5.11 Å². The molecule has 1 aromatic carbocycles. The largest absolute Gasteiger partial charge is 0.395 e. The van der Waals surface area contributed by atoms with Crippen LogP contribution in [0, 0.1) is 12.8 Å². The molecule has 0 aliphatic carbocycles. The number of sulfonamides is 1. The average molecular weight is 271 g/mol. The van der Waals surface area contributed by atoms with E-state index in [2.05, 4.69) is 0 Å². The van der Waals surface area contributed by atoms with Crippen molar-refractivity contribution in [2.24, 2.45) is 5.92 Å². The maximum atomic E-state index is 12.4. The highest BCUT2D eigenvalue weighted by atomic mass is 32.2. The molecule has 0 aliphatic heterocycles. The molecule has 0 heterocycles. The van der Waals surface area contributed by atoms with Crippen LogP contribution in [-0.2, 0) is 10.0 Å². The second kappa shape index (κ2) is 5.82. The van der Waals surface area contributed by atoms with Crippen molar-refractivity contribution < 1.29 is 13.5 Å². The number of hydrogen-bond acceptors (Lipinski definition) is 3. The lowest BCUT2D eigenvalue weighted by Gasteiger charge is -2.28. The number of nitrogens with zero attached hydrogens (tertiary/aromatic N) is 1. The first-order valence-corrected chi connectivity index (χ1v) is 7.40. The van der Waals surface area contributed by atoms with Crippen molar-refractivity contribution in [3.05, 3.63) is 29.8 Å². The number of likely N-dealkylation sites (N-methyl/N-ethyl adjacent to an activating group) is 1. The molecule has 0 fully saturated rings. The first-order chi connectivity index (χ1) is 8.30. The van der Waals surface area contributed by atoms with Crippen LogP contribution in [0.25, 0.3) is 0 Å². The highest BCUT2D eigenvalue weighted by Gasteiger charge is 2.29. The third-order valence-corrected chi connectivity index (χ3v) is 5.02. The molecular formula is C13H21NO3S. The van der Waals surface area contributed by atoms with E-state index in [9.17, 15) is 13.5 Å². The lowest BCUT2D eigenvalue weighted by Crippen LogP contribution is -2.42. The summed E-state index contributed by atoms with van der Waals surface area (Å²) in [6.07, 6.45) is 0. The van der Waals surface area contributed by atoms with Crippen molar-refractivity contribution in [2.75, 3.05) is 13.7 Å². The molecule has 1 aromatic rings. The molecule has 5 heteroatoms. The minimum atomic E-state index is -3.54. The minimum Gasteiger partial charge on any atom is -0.395 e. The smallest absolute Gasteiger partial charge is 0.243 e. The Balaban J connectivity index is 3.09. The molecule has 0 aromatic heterocycles. The Morgan fingerprint density at radius 2 is 1.72 bits per heavy atom. The summed E-state index contributed by atoms with van der Waals surface area (Å²) < 4.78 is 26.0. The number of aliphatic hydroxyl groups excluding tert-OH is 1. The molecule has 0 saturated heterocycles. The Kier molecular flexibility index (Phi) is 4.90. The quantitative estimate of drug-likeness (QED) is 0.885. The summed E-state index contributed by atoms with van der Waals surface area (Å²) in [7, 11) is -2.03. The van der Waals surface area contributed by atoms with E-state index in [1.165, 1.54) is 11.4 Å². The molecule has 0 aliphatic rings. The van der Waals surface area contributed by atoms with Crippen molar-refractivity contribution in [2.45, 2.75) is 31.7 Å². The van der Waals surface area contributed by atoms with Crippen LogP contribution in [0.5, 0.6) is 0 Å². The Hall–Kier alpha value is -0.910. The second-order valence-electron chi connectivity index (χ2n) is 4.83. The molecule has 0 spiro atoms. The fourth-order valence-corrected chi connectivity index (χ4v) is 3.28.